The van der Waals surface area contributed by atoms with E-state index in [4.69, 9.17) is 0 Å². The minimum atomic E-state index is -0.354. The first-order chi connectivity index (χ1) is 33.4. The zero-order valence-corrected chi connectivity index (χ0v) is 38.6. The molecule has 0 radical (unpaired) electrons. The van der Waals surface area contributed by atoms with Crippen LogP contribution >= 0.6 is 0 Å². The predicted octanol–water partition coefficient (Wildman–Crippen LogP) is 17.5. The van der Waals surface area contributed by atoms with E-state index in [9.17, 15) is 0 Å². The maximum absolute atomic E-state index is 3.68. The van der Waals surface area contributed by atoms with Gasteiger partial charge in [0.2, 0.25) is 0 Å². The molecule has 1 heteroatoms. The lowest BCUT2D eigenvalue weighted by molar-refractivity contribution is 0.590. The molecule has 1 nitrogen and oxygen atoms in total. The highest BCUT2D eigenvalue weighted by Crippen LogP contribution is 2.64. The highest BCUT2D eigenvalue weighted by molar-refractivity contribution is 6.11. The fraction of sp³-hybridized carbons (Fsp3) is 0.104. The molecule has 0 aromatic heterocycles. The van der Waals surface area contributed by atoms with Crippen LogP contribution in [0.4, 0.5) is 11.4 Å². The van der Waals surface area contributed by atoms with Crippen molar-refractivity contribution < 1.29 is 0 Å². The summed E-state index contributed by atoms with van der Waals surface area (Å²) in [5, 5.41) is 4.69. The van der Waals surface area contributed by atoms with E-state index in [1.54, 1.807) is 0 Å². The third-order valence-corrected chi connectivity index (χ3v) is 15.0. The second-order valence-electron chi connectivity index (χ2n) is 19.7. The molecule has 0 heterocycles. The standard InChI is InChI=1S/C67H49N/c1-66(2,3)49-36-32-44(33-37-49)48-35-40-63(57(42-48)46-18-5-4-6-19-46)68(64-41-34-47-21-8-10-24-52(47)65(64)56-28-17-22-45-20-7-9-23-51(45)56)50-38-39-62-58(43-50)55-27-13-16-31-61(55)67(62)59-29-14-11-25-53(59)54-26-12-15-30-60(54)67/h4-16,18-27,29-37,40-43H,38-39H2,1-3H3. The van der Waals surface area contributed by atoms with Gasteiger partial charge in [0.05, 0.1) is 16.8 Å². The first kappa shape index (κ1) is 40.1. The van der Waals surface area contributed by atoms with Gasteiger partial charge in [0, 0.05) is 22.4 Å². The van der Waals surface area contributed by atoms with Crippen LogP contribution in [0.1, 0.15) is 61.4 Å². The Morgan fingerprint density at radius 2 is 1.06 bits per heavy atom. The Morgan fingerprint density at radius 1 is 0.471 bits per heavy atom. The summed E-state index contributed by atoms with van der Waals surface area (Å²) in [4.78, 5) is 2.61. The van der Waals surface area contributed by atoms with Gasteiger partial charge in [-0.25, -0.2) is 0 Å². The molecule has 10 aromatic rings. The lowest BCUT2D eigenvalue weighted by atomic mass is 9.68. The Labute approximate surface area is 400 Å². The Kier molecular flexibility index (Phi) is 9.12. The molecule has 0 amide bonds. The average Bonchev–Trinajstić information content (AvgIpc) is 3.86. The van der Waals surface area contributed by atoms with Crippen LogP contribution in [0.25, 0.3) is 71.6 Å². The maximum Gasteiger partial charge on any atom is 0.0688 e. The zero-order valence-electron chi connectivity index (χ0n) is 38.6. The van der Waals surface area contributed by atoms with Crippen LogP contribution < -0.4 is 4.90 Å². The third kappa shape index (κ3) is 6.04. The lowest BCUT2D eigenvalue weighted by Crippen LogP contribution is -2.29. The molecule has 0 saturated carbocycles. The van der Waals surface area contributed by atoms with E-state index >= 15 is 0 Å². The molecular formula is C67H49N. The Morgan fingerprint density at radius 3 is 1.78 bits per heavy atom. The molecule has 0 unspecified atom stereocenters. The third-order valence-electron chi connectivity index (χ3n) is 15.0. The summed E-state index contributed by atoms with van der Waals surface area (Å²) in [6, 6.07) is 86.2. The second kappa shape index (κ2) is 15.4. The number of benzene rings is 9. The first-order valence-corrected chi connectivity index (χ1v) is 24.1. The average molecular weight is 868 g/mol. The van der Waals surface area contributed by atoms with E-state index in [0.29, 0.717) is 0 Å². The second-order valence-corrected chi connectivity index (χ2v) is 19.7. The van der Waals surface area contributed by atoms with Gasteiger partial charge in [-0.1, -0.05) is 221 Å². The van der Waals surface area contributed by atoms with E-state index in [0.717, 1.165) is 46.1 Å². The molecule has 0 N–H and O–H groups in total. The van der Waals surface area contributed by atoms with Crippen molar-refractivity contribution in [1.29, 1.82) is 0 Å². The highest BCUT2D eigenvalue weighted by Gasteiger charge is 2.53. The van der Waals surface area contributed by atoms with Crippen LogP contribution in [0, 0.1) is 12.1 Å². The molecule has 10 aromatic carbocycles. The van der Waals surface area contributed by atoms with E-state index < -0.39 is 0 Å². The number of anilines is 2. The minimum Gasteiger partial charge on any atom is -0.313 e. The van der Waals surface area contributed by atoms with Gasteiger partial charge in [0.1, 0.15) is 0 Å². The van der Waals surface area contributed by atoms with Gasteiger partial charge in [-0.05, 0) is 137 Å². The van der Waals surface area contributed by atoms with Crippen LogP contribution in [0.5, 0.6) is 0 Å². The van der Waals surface area contributed by atoms with Crippen LogP contribution in [0.15, 0.2) is 230 Å². The van der Waals surface area contributed by atoms with Crippen LogP contribution in [-0.4, -0.2) is 0 Å². The van der Waals surface area contributed by atoms with Crippen LogP contribution in [0.2, 0.25) is 0 Å². The number of nitrogens with zero attached hydrogens (tertiary/aromatic N) is 1. The number of hydrogen-bond donors (Lipinski definition) is 0. The summed E-state index contributed by atoms with van der Waals surface area (Å²) in [5.74, 6) is 0. The van der Waals surface area contributed by atoms with Gasteiger partial charge in [0.25, 0.3) is 0 Å². The summed E-state index contributed by atoms with van der Waals surface area (Å²) in [6.07, 6.45) is 4.31. The smallest absolute Gasteiger partial charge is 0.0688 e. The van der Waals surface area contributed by atoms with Crippen molar-refractivity contribution in [3.8, 4) is 44.5 Å². The molecule has 68 heavy (non-hydrogen) atoms. The Bertz CT molecular complexity index is 3660. The topological polar surface area (TPSA) is 3.24 Å². The lowest BCUT2D eigenvalue weighted by Gasteiger charge is -2.37. The van der Waals surface area contributed by atoms with Gasteiger partial charge in [-0.3, -0.25) is 0 Å². The Hall–Kier alpha value is -8.18. The van der Waals surface area contributed by atoms with E-state index in [1.165, 1.54) is 88.8 Å². The quantitative estimate of drug-likeness (QED) is 0.161. The van der Waals surface area contributed by atoms with Crippen molar-refractivity contribution in [2.75, 3.05) is 4.90 Å². The van der Waals surface area contributed by atoms with Crippen molar-refractivity contribution in [2.24, 2.45) is 0 Å². The molecule has 0 atom stereocenters. The summed E-state index contributed by atoms with van der Waals surface area (Å²) in [7, 11) is 0. The van der Waals surface area contributed by atoms with Crippen LogP contribution in [-0.2, 0) is 10.8 Å². The molecule has 0 saturated heterocycles. The molecular weight excluding hydrogens is 819 g/mol. The SMILES string of the molecule is CC(C)(C)c1ccc(-c2ccc(N(C3=CC4=C(CC3)C3(c5ccccc54)c4ccccc4-c4ccccc43)c3ccc4ccccc4c3-c3c#ccc4ccccc34)c(-c3ccccc3)c2)cc1. The fourth-order valence-corrected chi connectivity index (χ4v) is 11.9. The van der Waals surface area contributed by atoms with Crippen LogP contribution in [0.3, 0.4) is 0 Å². The molecule has 13 rings (SSSR count). The van der Waals surface area contributed by atoms with Gasteiger partial charge in [-0.2, -0.15) is 0 Å². The van der Waals surface area contributed by atoms with Gasteiger partial charge < -0.3 is 4.90 Å². The summed E-state index contributed by atoms with van der Waals surface area (Å²) < 4.78 is 0. The summed E-state index contributed by atoms with van der Waals surface area (Å²) in [6.45, 7) is 6.84. The summed E-state index contributed by atoms with van der Waals surface area (Å²) in [5.41, 5.74) is 22.5. The summed E-state index contributed by atoms with van der Waals surface area (Å²) >= 11 is 0. The monoisotopic (exact) mass is 867 g/mol. The van der Waals surface area contributed by atoms with Crippen molar-refractivity contribution in [3.05, 3.63) is 270 Å². The van der Waals surface area contributed by atoms with E-state index in [1.807, 2.05) is 0 Å². The predicted molar refractivity (Wildman–Crippen MR) is 285 cm³/mol. The van der Waals surface area contributed by atoms with Gasteiger partial charge >= 0.3 is 0 Å². The maximum atomic E-state index is 3.68. The molecule has 322 valence electrons. The van der Waals surface area contributed by atoms with Crippen molar-refractivity contribution in [3.63, 3.8) is 0 Å². The van der Waals surface area contributed by atoms with Crippen molar-refractivity contribution in [2.45, 2.75) is 44.4 Å². The fourth-order valence-electron chi connectivity index (χ4n) is 11.9. The van der Waals surface area contributed by atoms with E-state index in [2.05, 4.69) is 256 Å². The number of fused-ring (bicyclic) bond motifs is 11. The molecule has 0 aliphatic heterocycles. The molecule has 1 spiro atoms. The van der Waals surface area contributed by atoms with E-state index in [-0.39, 0.29) is 10.8 Å². The molecule has 0 bridgehead atoms. The molecule has 3 aliphatic rings. The Balaban J connectivity index is 1.11. The van der Waals surface area contributed by atoms with Gasteiger partial charge in [0.15, 0.2) is 0 Å². The van der Waals surface area contributed by atoms with Crippen molar-refractivity contribution >= 4 is 38.5 Å². The van der Waals surface area contributed by atoms with Gasteiger partial charge in [-0.15, -0.1) is 0 Å². The van der Waals surface area contributed by atoms with Crippen molar-refractivity contribution in [1.82, 2.24) is 0 Å². The largest absolute Gasteiger partial charge is 0.313 e. The molecule has 0 fully saturated rings. The normalized spacial score (nSPS) is 14.3. The molecule has 3 aliphatic carbocycles. The number of allylic oxidation sites excluding steroid dienone is 4. The minimum absolute atomic E-state index is 0.0714. The number of rotatable bonds is 6. The first-order valence-electron chi connectivity index (χ1n) is 24.1. The number of hydrogen-bond acceptors (Lipinski definition) is 1. The zero-order chi connectivity index (χ0) is 45.6. The highest BCUT2D eigenvalue weighted by atomic mass is 15.2.